The molecule has 98 valence electrons. The summed E-state index contributed by atoms with van der Waals surface area (Å²) < 4.78 is 0. The van der Waals surface area contributed by atoms with Gasteiger partial charge in [-0.3, -0.25) is 4.79 Å². The number of rotatable bonds is 2. The van der Waals surface area contributed by atoms with Crippen LogP contribution in [0.5, 0.6) is 0 Å². The van der Waals surface area contributed by atoms with Crippen LogP contribution in [0.25, 0.3) is 0 Å². The van der Waals surface area contributed by atoms with Crippen molar-refractivity contribution in [3.63, 3.8) is 0 Å². The van der Waals surface area contributed by atoms with E-state index in [-0.39, 0.29) is 0 Å². The smallest absolute Gasteiger partial charge is 0.250 e. The highest BCUT2D eigenvalue weighted by molar-refractivity contribution is 5.99. The Balaban J connectivity index is 2.29. The molecule has 1 heterocycles. The van der Waals surface area contributed by atoms with Gasteiger partial charge in [-0.05, 0) is 43.4 Å². The van der Waals surface area contributed by atoms with E-state index in [1.807, 2.05) is 12.1 Å². The van der Waals surface area contributed by atoms with E-state index in [4.69, 9.17) is 11.5 Å². The Bertz CT molecular complexity index is 445. The number of carbonyl (C=O) groups excluding carboxylic acids is 1. The molecule has 0 aliphatic carbocycles. The van der Waals surface area contributed by atoms with Gasteiger partial charge in [-0.1, -0.05) is 6.92 Å². The van der Waals surface area contributed by atoms with E-state index in [1.54, 1.807) is 6.07 Å². The molecule has 0 radical (unpaired) electrons. The third-order valence-electron chi connectivity index (χ3n) is 3.64. The van der Waals surface area contributed by atoms with E-state index >= 15 is 0 Å². The topological polar surface area (TPSA) is 72.3 Å². The Labute approximate surface area is 108 Å². The summed E-state index contributed by atoms with van der Waals surface area (Å²) in [7, 11) is 0. The molecule has 4 nitrogen and oxygen atoms in total. The third-order valence-corrected chi connectivity index (χ3v) is 3.64. The Morgan fingerprint density at radius 1 is 1.33 bits per heavy atom. The second-order valence-corrected chi connectivity index (χ2v) is 5.16. The lowest BCUT2D eigenvalue weighted by Crippen LogP contribution is -2.27. The zero-order valence-electron chi connectivity index (χ0n) is 10.9. The van der Waals surface area contributed by atoms with Crippen molar-refractivity contribution in [3.8, 4) is 0 Å². The van der Waals surface area contributed by atoms with Gasteiger partial charge in [0.15, 0.2) is 0 Å². The molecule has 0 spiro atoms. The quantitative estimate of drug-likeness (QED) is 0.785. The zero-order chi connectivity index (χ0) is 13.1. The zero-order valence-corrected chi connectivity index (χ0v) is 10.9. The van der Waals surface area contributed by atoms with Crippen molar-refractivity contribution < 1.29 is 4.79 Å². The Morgan fingerprint density at radius 3 is 2.83 bits per heavy atom. The van der Waals surface area contributed by atoms with Crippen LogP contribution in [0.4, 0.5) is 11.4 Å². The molecule has 1 aliphatic heterocycles. The number of primary amides is 1. The number of amides is 1. The molecule has 1 atom stereocenters. The highest BCUT2D eigenvalue weighted by atomic mass is 16.1. The summed E-state index contributed by atoms with van der Waals surface area (Å²) in [6.07, 6.45) is 3.56. The number of carbonyl (C=O) groups is 1. The summed E-state index contributed by atoms with van der Waals surface area (Å²) in [5.74, 6) is 0.343. The molecule has 1 aromatic carbocycles. The maximum Gasteiger partial charge on any atom is 0.250 e. The summed E-state index contributed by atoms with van der Waals surface area (Å²) in [6, 6.07) is 5.41. The Hall–Kier alpha value is -1.71. The first kappa shape index (κ1) is 12.7. The molecular weight excluding hydrogens is 226 g/mol. The van der Waals surface area contributed by atoms with Gasteiger partial charge in [-0.15, -0.1) is 0 Å². The average molecular weight is 247 g/mol. The summed E-state index contributed by atoms with van der Waals surface area (Å²) in [6.45, 7) is 4.24. The minimum atomic E-state index is -0.408. The van der Waals surface area contributed by atoms with E-state index in [9.17, 15) is 4.79 Å². The second kappa shape index (κ2) is 5.29. The molecule has 1 aromatic rings. The van der Waals surface area contributed by atoms with Gasteiger partial charge >= 0.3 is 0 Å². The fourth-order valence-corrected chi connectivity index (χ4v) is 2.53. The van der Waals surface area contributed by atoms with E-state index in [0.29, 0.717) is 11.3 Å². The molecule has 1 saturated heterocycles. The van der Waals surface area contributed by atoms with Crippen LogP contribution >= 0.6 is 0 Å². The van der Waals surface area contributed by atoms with Crippen molar-refractivity contribution in [2.75, 3.05) is 23.7 Å². The van der Waals surface area contributed by atoms with Gasteiger partial charge in [0.05, 0.1) is 5.56 Å². The first-order chi connectivity index (χ1) is 8.58. The second-order valence-electron chi connectivity index (χ2n) is 5.16. The van der Waals surface area contributed by atoms with E-state index < -0.39 is 5.91 Å². The highest BCUT2D eigenvalue weighted by Gasteiger charge is 2.18. The van der Waals surface area contributed by atoms with Gasteiger partial charge in [0.2, 0.25) is 0 Å². The standard InChI is InChI=1S/C14H21N3O/c1-10-3-2-7-17(8-6-10)13-5-4-11(15)9-12(13)14(16)18/h4-5,9-10H,2-3,6-8,15H2,1H3,(H2,16,18). The predicted molar refractivity (Wildman–Crippen MR) is 74.6 cm³/mol. The van der Waals surface area contributed by atoms with Crippen LogP contribution in [0.2, 0.25) is 0 Å². The van der Waals surface area contributed by atoms with Crippen LogP contribution in [0, 0.1) is 5.92 Å². The molecule has 1 amide bonds. The first-order valence-corrected chi connectivity index (χ1v) is 6.52. The summed E-state index contributed by atoms with van der Waals surface area (Å²) in [5.41, 5.74) is 13.2. The van der Waals surface area contributed by atoms with Crippen molar-refractivity contribution in [3.05, 3.63) is 23.8 Å². The van der Waals surface area contributed by atoms with Crippen LogP contribution < -0.4 is 16.4 Å². The van der Waals surface area contributed by atoms with Gasteiger partial charge in [-0.25, -0.2) is 0 Å². The van der Waals surface area contributed by atoms with Crippen molar-refractivity contribution in [2.45, 2.75) is 26.2 Å². The van der Waals surface area contributed by atoms with Crippen LogP contribution in [0.1, 0.15) is 36.5 Å². The number of anilines is 2. The molecule has 1 unspecified atom stereocenters. The van der Waals surface area contributed by atoms with Crippen molar-refractivity contribution in [2.24, 2.45) is 11.7 Å². The van der Waals surface area contributed by atoms with Crippen molar-refractivity contribution in [1.82, 2.24) is 0 Å². The fraction of sp³-hybridized carbons (Fsp3) is 0.500. The van der Waals surface area contributed by atoms with Crippen LogP contribution in [-0.2, 0) is 0 Å². The first-order valence-electron chi connectivity index (χ1n) is 6.52. The van der Waals surface area contributed by atoms with Crippen LogP contribution in [-0.4, -0.2) is 19.0 Å². The lowest BCUT2D eigenvalue weighted by Gasteiger charge is -2.25. The van der Waals surface area contributed by atoms with Crippen LogP contribution in [0.3, 0.4) is 0 Å². The summed E-state index contributed by atoms with van der Waals surface area (Å²) >= 11 is 0. The molecule has 4 heteroatoms. The molecule has 0 aromatic heterocycles. The third kappa shape index (κ3) is 2.75. The molecule has 4 N–H and O–H groups in total. The summed E-state index contributed by atoms with van der Waals surface area (Å²) in [5, 5.41) is 0. The van der Waals surface area contributed by atoms with E-state index in [0.717, 1.165) is 37.5 Å². The van der Waals surface area contributed by atoms with Gasteiger partial charge in [0, 0.05) is 24.5 Å². The molecule has 18 heavy (non-hydrogen) atoms. The normalized spacial score (nSPS) is 20.5. The highest BCUT2D eigenvalue weighted by Crippen LogP contribution is 2.27. The molecule has 0 saturated carbocycles. The minimum Gasteiger partial charge on any atom is -0.399 e. The van der Waals surface area contributed by atoms with E-state index in [2.05, 4.69) is 11.8 Å². The molecule has 2 rings (SSSR count). The average Bonchev–Trinajstić information content (AvgIpc) is 2.54. The van der Waals surface area contributed by atoms with Crippen LogP contribution in [0.15, 0.2) is 18.2 Å². The molecule has 0 bridgehead atoms. The van der Waals surface area contributed by atoms with Gasteiger partial charge in [0.25, 0.3) is 5.91 Å². The molecule has 1 fully saturated rings. The fourth-order valence-electron chi connectivity index (χ4n) is 2.53. The van der Waals surface area contributed by atoms with Crippen molar-refractivity contribution in [1.29, 1.82) is 0 Å². The minimum absolute atomic E-state index is 0.408. The van der Waals surface area contributed by atoms with Gasteiger partial charge < -0.3 is 16.4 Å². The monoisotopic (exact) mass is 247 g/mol. The maximum atomic E-state index is 11.5. The number of nitrogens with zero attached hydrogens (tertiary/aromatic N) is 1. The summed E-state index contributed by atoms with van der Waals surface area (Å²) in [4.78, 5) is 13.8. The number of nitrogen functional groups attached to an aromatic ring is 1. The lowest BCUT2D eigenvalue weighted by atomic mass is 10.0. The molecule has 1 aliphatic rings. The Kier molecular flexibility index (Phi) is 3.75. The van der Waals surface area contributed by atoms with Crippen molar-refractivity contribution >= 4 is 17.3 Å². The predicted octanol–water partition coefficient (Wildman–Crippen LogP) is 1.99. The maximum absolute atomic E-state index is 11.5. The lowest BCUT2D eigenvalue weighted by molar-refractivity contribution is 0.100. The SMILES string of the molecule is CC1CCCN(c2ccc(N)cc2C(N)=O)CC1. The van der Waals surface area contributed by atoms with Gasteiger partial charge in [-0.2, -0.15) is 0 Å². The van der Waals surface area contributed by atoms with E-state index in [1.165, 1.54) is 6.42 Å². The molecular formula is C14H21N3O. The number of hydrogen-bond donors (Lipinski definition) is 2. The number of benzene rings is 1. The number of nitrogens with two attached hydrogens (primary N) is 2. The Morgan fingerprint density at radius 2 is 2.11 bits per heavy atom. The number of hydrogen-bond acceptors (Lipinski definition) is 3. The largest absolute Gasteiger partial charge is 0.399 e. The van der Waals surface area contributed by atoms with Gasteiger partial charge in [0.1, 0.15) is 0 Å².